The van der Waals surface area contributed by atoms with Crippen LogP contribution in [0.15, 0.2) is 18.2 Å². The number of carbonyl (C=O) groups is 2. The molecule has 1 fully saturated rings. The third-order valence-electron chi connectivity index (χ3n) is 4.34. The second-order valence-corrected chi connectivity index (χ2v) is 5.52. The van der Waals surface area contributed by atoms with Gasteiger partial charge in [-0.15, -0.1) is 0 Å². The predicted octanol–water partition coefficient (Wildman–Crippen LogP) is 1.63. The SMILES string of the molecule is NC(=O)C1CCC1C(=O)Nc1ccc2c(c1)CCC2. The fourth-order valence-corrected chi connectivity index (χ4v) is 3.04. The molecule has 0 aliphatic heterocycles. The molecule has 1 saturated carbocycles. The van der Waals surface area contributed by atoms with Gasteiger partial charge in [0.2, 0.25) is 11.8 Å². The second kappa shape index (κ2) is 4.68. The Morgan fingerprint density at radius 3 is 2.53 bits per heavy atom. The molecule has 2 atom stereocenters. The van der Waals surface area contributed by atoms with Gasteiger partial charge in [-0.05, 0) is 55.4 Å². The molecule has 0 heterocycles. The van der Waals surface area contributed by atoms with Crippen molar-refractivity contribution >= 4 is 17.5 Å². The lowest BCUT2D eigenvalue weighted by Gasteiger charge is -2.32. The van der Waals surface area contributed by atoms with Gasteiger partial charge in [0.05, 0.1) is 0 Å². The Bertz CT molecular complexity index is 539. The number of primary amides is 1. The Morgan fingerprint density at radius 1 is 1.11 bits per heavy atom. The molecule has 0 bridgehead atoms. The number of nitrogens with one attached hydrogen (secondary N) is 1. The van der Waals surface area contributed by atoms with Crippen LogP contribution in [0.1, 0.15) is 30.4 Å². The zero-order valence-electron chi connectivity index (χ0n) is 10.8. The maximum atomic E-state index is 12.1. The van der Waals surface area contributed by atoms with Gasteiger partial charge in [0.25, 0.3) is 0 Å². The second-order valence-electron chi connectivity index (χ2n) is 5.52. The number of rotatable bonds is 3. The summed E-state index contributed by atoms with van der Waals surface area (Å²) in [5, 5.41) is 2.91. The summed E-state index contributed by atoms with van der Waals surface area (Å²) in [6, 6.07) is 6.09. The number of carbonyl (C=O) groups excluding carboxylic acids is 2. The van der Waals surface area contributed by atoms with Crippen LogP contribution >= 0.6 is 0 Å². The van der Waals surface area contributed by atoms with E-state index >= 15 is 0 Å². The van der Waals surface area contributed by atoms with Gasteiger partial charge in [-0.2, -0.15) is 0 Å². The number of amides is 2. The van der Waals surface area contributed by atoms with Crippen LogP contribution in [0.25, 0.3) is 0 Å². The van der Waals surface area contributed by atoms with Crippen molar-refractivity contribution < 1.29 is 9.59 Å². The standard InChI is InChI=1S/C15H18N2O2/c16-14(18)12-6-7-13(12)15(19)17-11-5-4-9-2-1-3-10(9)8-11/h4-5,8,12-13H,1-3,6-7H2,(H2,16,18)(H,17,19). The van der Waals surface area contributed by atoms with E-state index in [4.69, 9.17) is 5.73 Å². The molecule has 1 aromatic carbocycles. The first kappa shape index (κ1) is 12.2. The van der Waals surface area contributed by atoms with Gasteiger partial charge in [-0.3, -0.25) is 9.59 Å². The summed E-state index contributed by atoms with van der Waals surface area (Å²) in [5.41, 5.74) is 8.83. The van der Waals surface area contributed by atoms with Gasteiger partial charge in [0, 0.05) is 17.5 Å². The minimum absolute atomic E-state index is 0.0759. The van der Waals surface area contributed by atoms with Crippen LogP contribution in [0.5, 0.6) is 0 Å². The van der Waals surface area contributed by atoms with Crippen molar-refractivity contribution in [3.8, 4) is 0 Å². The molecule has 0 saturated heterocycles. The van der Waals surface area contributed by atoms with E-state index in [0.29, 0.717) is 0 Å². The summed E-state index contributed by atoms with van der Waals surface area (Å²) in [4.78, 5) is 23.2. The highest BCUT2D eigenvalue weighted by atomic mass is 16.2. The molecule has 0 spiro atoms. The Morgan fingerprint density at radius 2 is 1.84 bits per heavy atom. The van der Waals surface area contributed by atoms with E-state index in [0.717, 1.165) is 31.4 Å². The van der Waals surface area contributed by atoms with Gasteiger partial charge in [-0.25, -0.2) is 0 Å². The first-order valence-electron chi connectivity index (χ1n) is 6.87. The van der Waals surface area contributed by atoms with E-state index in [1.165, 1.54) is 17.5 Å². The number of nitrogens with two attached hydrogens (primary N) is 1. The largest absolute Gasteiger partial charge is 0.369 e. The highest BCUT2D eigenvalue weighted by Crippen LogP contribution is 2.35. The Balaban J connectivity index is 1.68. The van der Waals surface area contributed by atoms with Crippen molar-refractivity contribution in [3.05, 3.63) is 29.3 Å². The van der Waals surface area contributed by atoms with Crippen molar-refractivity contribution in [2.45, 2.75) is 32.1 Å². The lowest BCUT2D eigenvalue weighted by molar-refractivity contribution is -0.135. The Labute approximate surface area is 112 Å². The number of hydrogen-bond acceptors (Lipinski definition) is 2. The normalized spacial score (nSPS) is 24.4. The summed E-state index contributed by atoms with van der Waals surface area (Å²) in [6.45, 7) is 0. The maximum absolute atomic E-state index is 12.1. The quantitative estimate of drug-likeness (QED) is 0.864. The number of benzene rings is 1. The van der Waals surface area contributed by atoms with E-state index in [1.807, 2.05) is 6.07 Å². The number of fused-ring (bicyclic) bond motifs is 1. The monoisotopic (exact) mass is 258 g/mol. The first-order valence-corrected chi connectivity index (χ1v) is 6.87. The van der Waals surface area contributed by atoms with Gasteiger partial charge in [0.15, 0.2) is 0 Å². The maximum Gasteiger partial charge on any atom is 0.228 e. The van der Waals surface area contributed by atoms with Crippen LogP contribution in [0.3, 0.4) is 0 Å². The molecule has 19 heavy (non-hydrogen) atoms. The zero-order chi connectivity index (χ0) is 13.4. The number of aryl methyl sites for hydroxylation is 2. The summed E-state index contributed by atoms with van der Waals surface area (Å²) in [5.74, 6) is -0.964. The van der Waals surface area contributed by atoms with Crippen LogP contribution in [0, 0.1) is 11.8 Å². The zero-order valence-corrected chi connectivity index (χ0v) is 10.8. The van der Waals surface area contributed by atoms with Gasteiger partial charge < -0.3 is 11.1 Å². The van der Waals surface area contributed by atoms with Crippen LogP contribution in [0.4, 0.5) is 5.69 Å². The molecule has 100 valence electrons. The summed E-state index contributed by atoms with van der Waals surface area (Å²) in [6.07, 6.45) is 4.91. The highest BCUT2D eigenvalue weighted by molar-refractivity contribution is 5.97. The summed E-state index contributed by atoms with van der Waals surface area (Å²) >= 11 is 0. The number of anilines is 1. The molecule has 2 amide bonds. The van der Waals surface area contributed by atoms with Gasteiger partial charge in [-0.1, -0.05) is 6.07 Å². The first-order chi connectivity index (χ1) is 9.15. The Kier molecular flexibility index (Phi) is 3.01. The van der Waals surface area contributed by atoms with E-state index in [1.54, 1.807) is 0 Å². The van der Waals surface area contributed by atoms with E-state index < -0.39 is 0 Å². The van der Waals surface area contributed by atoms with Gasteiger partial charge in [0.1, 0.15) is 0 Å². The van der Waals surface area contributed by atoms with Crippen molar-refractivity contribution in [2.24, 2.45) is 17.6 Å². The van der Waals surface area contributed by atoms with Gasteiger partial charge >= 0.3 is 0 Å². The average molecular weight is 258 g/mol. The van der Waals surface area contributed by atoms with Crippen molar-refractivity contribution in [1.82, 2.24) is 0 Å². The summed E-state index contributed by atoms with van der Waals surface area (Å²) in [7, 11) is 0. The fraction of sp³-hybridized carbons (Fsp3) is 0.467. The van der Waals surface area contributed by atoms with Crippen LogP contribution in [-0.2, 0) is 22.4 Å². The minimum Gasteiger partial charge on any atom is -0.369 e. The molecule has 0 aromatic heterocycles. The molecule has 0 radical (unpaired) electrons. The summed E-state index contributed by atoms with van der Waals surface area (Å²) < 4.78 is 0. The molecule has 1 aromatic rings. The number of hydrogen-bond donors (Lipinski definition) is 2. The molecule has 3 N–H and O–H groups in total. The lowest BCUT2D eigenvalue weighted by Crippen LogP contribution is -2.43. The van der Waals surface area contributed by atoms with E-state index in [2.05, 4.69) is 17.4 Å². The third kappa shape index (κ3) is 2.23. The fourth-order valence-electron chi connectivity index (χ4n) is 3.04. The molecule has 2 unspecified atom stereocenters. The molecule has 2 aliphatic carbocycles. The molecule has 2 aliphatic rings. The highest BCUT2D eigenvalue weighted by Gasteiger charge is 2.40. The van der Waals surface area contributed by atoms with Crippen molar-refractivity contribution in [1.29, 1.82) is 0 Å². The van der Waals surface area contributed by atoms with Crippen molar-refractivity contribution in [2.75, 3.05) is 5.32 Å². The van der Waals surface area contributed by atoms with E-state index in [9.17, 15) is 9.59 Å². The molecular weight excluding hydrogens is 240 g/mol. The van der Waals surface area contributed by atoms with Crippen molar-refractivity contribution in [3.63, 3.8) is 0 Å². The smallest absolute Gasteiger partial charge is 0.228 e. The topological polar surface area (TPSA) is 72.2 Å². The molecule has 4 heteroatoms. The third-order valence-corrected chi connectivity index (χ3v) is 4.34. The Hall–Kier alpha value is -1.84. The van der Waals surface area contributed by atoms with Crippen LogP contribution < -0.4 is 11.1 Å². The van der Waals surface area contributed by atoms with Crippen LogP contribution in [-0.4, -0.2) is 11.8 Å². The predicted molar refractivity (Wildman–Crippen MR) is 72.5 cm³/mol. The average Bonchev–Trinajstić information content (AvgIpc) is 2.73. The lowest BCUT2D eigenvalue weighted by atomic mass is 9.72. The molecule has 3 rings (SSSR count). The molecule has 4 nitrogen and oxygen atoms in total. The van der Waals surface area contributed by atoms with Crippen LogP contribution in [0.2, 0.25) is 0 Å². The minimum atomic E-state index is -0.361. The van der Waals surface area contributed by atoms with E-state index in [-0.39, 0.29) is 23.7 Å². The molecular formula is C15H18N2O2.